The Morgan fingerprint density at radius 1 is 1.35 bits per heavy atom. The molecule has 0 saturated heterocycles. The van der Waals surface area contributed by atoms with Gasteiger partial charge in [-0.05, 0) is 36.5 Å². The molecule has 0 N–H and O–H groups in total. The molecule has 0 spiro atoms. The van der Waals surface area contributed by atoms with Gasteiger partial charge in [0.05, 0.1) is 10.8 Å². The molecule has 90 valence electrons. The Hall–Kier alpha value is -1.15. The summed E-state index contributed by atoms with van der Waals surface area (Å²) in [5.41, 5.74) is 1.18. The van der Waals surface area contributed by atoms with Crippen molar-refractivity contribution in [1.29, 1.82) is 0 Å². The zero-order valence-electron chi connectivity index (χ0n) is 10.3. The van der Waals surface area contributed by atoms with Gasteiger partial charge in [0, 0.05) is 9.80 Å². The smallest absolute Gasteiger partial charge is 0.0849 e. The van der Waals surface area contributed by atoms with Crippen molar-refractivity contribution < 1.29 is 4.21 Å². The van der Waals surface area contributed by atoms with E-state index < -0.39 is 10.8 Å². The van der Waals surface area contributed by atoms with E-state index in [4.69, 9.17) is 0 Å². The van der Waals surface area contributed by atoms with Gasteiger partial charge >= 0.3 is 0 Å². The largest absolute Gasteiger partial charge is 0.249 e. The predicted molar refractivity (Wildman–Crippen MR) is 73.2 cm³/mol. The Kier molecular flexibility index (Phi) is 3.95. The summed E-state index contributed by atoms with van der Waals surface area (Å²) in [7, 11) is -1.02. The van der Waals surface area contributed by atoms with Crippen LogP contribution in [0.4, 0.5) is 0 Å². The predicted octanol–water partition coefficient (Wildman–Crippen LogP) is 3.84. The number of hydrogen-bond donors (Lipinski definition) is 0. The molecule has 0 radical (unpaired) electrons. The van der Waals surface area contributed by atoms with Gasteiger partial charge in [-0.15, -0.1) is 0 Å². The minimum absolute atomic E-state index is 0.567. The minimum Gasteiger partial charge on any atom is -0.249 e. The molecule has 17 heavy (non-hydrogen) atoms. The first kappa shape index (κ1) is 12.3. The van der Waals surface area contributed by atoms with E-state index in [1.54, 1.807) is 0 Å². The van der Waals surface area contributed by atoms with Gasteiger partial charge in [-0.1, -0.05) is 44.2 Å². The quantitative estimate of drug-likeness (QED) is 0.792. The molecule has 2 unspecified atom stereocenters. The minimum atomic E-state index is -1.02. The van der Waals surface area contributed by atoms with Gasteiger partial charge in [0.15, 0.2) is 0 Å². The van der Waals surface area contributed by atoms with Crippen LogP contribution >= 0.6 is 0 Å². The second kappa shape index (κ2) is 5.46. The Morgan fingerprint density at radius 3 is 2.76 bits per heavy atom. The molecule has 1 aromatic carbocycles. The fourth-order valence-corrected chi connectivity index (χ4v) is 3.31. The molecular weight excluding hydrogens is 228 g/mol. The van der Waals surface area contributed by atoms with Crippen molar-refractivity contribution >= 4 is 10.8 Å². The van der Waals surface area contributed by atoms with E-state index in [9.17, 15) is 4.21 Å². The van der Waals surface area contributed by atoms with Crippen LogP contribution < -0.4 is 0 Å². The molecule has 0 bridgehead atoms. The summed E-state index contributed by atoms with van der Waals surface area (Å²) >= 11 is 0. The lowest BCUT2D eigenvalue weighted by molar-refractivity contribution is 0.684. The molecule has 2 rings (SSSR count). The highest BCUT2D eigenvalue weighted by Gasteiger charge is 2.14. The molecule has 1 aromatic rings. The number of aryl methyl sites for hydroxylation is 1. The fraction of sp³-hybridized carbons (Fsp3) is 0.333. The van der Waals surface area contributed by atoms with E-state index in [0.29, 0.717) is 5.92 Å². The monoisotopic (exact) mass is 246 g/mol. The lowest BCUT2D eigenvalue weighted by Crippen LogP contribution is -2.02. The van der Waals surface area contributed by atoms with E-state index in [2.05, 4.69) is 32.1 Å². The van der Waals surface area contributed by atoms with Crippen molar-refractivity contribution in [3.8, 4) is 0 Å². The van der Waals surface area contributed by atoms with E-state index in [1.807, 2.05) is 24.3 Å². The van der Waals surface area contributed by atoms with Crippen molar-refractivity contribution in [1.82, 2.24) is 0 Å². The highest BCUT2D eigenvalue weighted by Crippen LogP contribution is 2.24. The van der Waals surface area contributed by atoms with Crippen LogP contribution in [0, 0.1) is 5.92 Å². The van der Waals surface area contributed by atoms with E-state index in [-0.39, 0.29) is 0 Å². The number of hydrogen-bond acceptors (Lipinski definition) is 1. The van der Waals surface area contributed by atoms with Crippen LogP contribution in [0.2, 0.25) is 0 Å². The highest BCUT2D eigenvalue weighted by atomic mass is 32.2. The molecule has 0 aliphatic heterocycles. The Bertz CT molecular complexity index is 485. The maximum Gasteiger partial charge on any atom is 0.0849 e. The first-order chi connectivity index (χ1) is 8.22. The molecule has 1 nitrogen and oxygen atoms in total. The Labute approximate surface area is 106 Å². The molecule has 2 atom stereocenters. The fourth-order valence-electron chi connectivity index (χ4n) is 1.95. The first-order valence-corrected chi connectivity index (χ1v) is 7.25. The van der Waals surface area contributed by atoms with Crippen LogP contribution in [0.15, 0.2) is 52.3 Å². The summed E-state index contributed by atoms with van der Waals surface area (Å²) in [6.07, 6.45) is 8.17. The van der Waals surface area contributed by atoms with E-state index in [0.717, 1.165) is 22.6 Å². The van der Waals surface area contributed by atoms with Crippen LogP contribution in [0.1, 0.15) is 25.8 Å². The summed E-state index contributed by atoms with van der Waals surface area (Å²) < 4.78 is 12.5. The Morgan fingerprint density at radius 2 is 2.12 bits per heavy atom. The van der Waals surface area contributed by atoms with Gasteiger partial charge < -0.3 is 0 Å². The van der Waals surface area contributed by atoms with Gasteiger partial charge in [-0.3, -0.25) is 0 Å². The highest BCUT2D eigenvalue weighted by molar-refractivity contribution is 7.89. The SMILES string of the molecule is CCc1ccccc1S(=O)C1=CCC(C)C=C1. The summed E-state index contributed by atoms with van der Waals surface area (Å²) in [5, 5.41) is 0. The first-order valence-electron chi connectivity index (χ1n) is 6.10. The molecule has 0 fully saturated rings. The molecular formula is C15H18OS. The maximum atomic E-state index is 12.5. The summed E-state index contributed by atoms with van der Waals surface area (Å²) in [6.45, 7) is 4.27. The second-order valence-electron chi connectivity index (χ2n) is 4.41. The summed E-state index contributed by atoms with van der Waals surface area (Å²) in [5.74, 6) is 0.567. The van der Waals surface area contributed by atoms with Crippen molar-refractivity contribution in [2.75, 3.05) is 0 Å². The van der Waals surface area contributed by atoms with Crippen molar-refractivity contribution in [3.05, 3.63) is 53.0 Å². The topological polar surface area (TPSA) is 17.1 Å². The maximum absolute atomic E-state index is 12.5. The molecule has 1 aliphatic rings. The zero-order valence-corrected chi connectivity index (χ0v) is 11.2. The third kappa shape index (κ3) is 2.75. The van der Waals surface area contributed by atoms with Gasteiger partial charge in [-0.25, -0.2) is 4.21 Å². The lowest BCUT2D eigenvalue weighted by atomic mass is 10.0. The number of rotatable bonds is 3. The molecule has 2 heteroatoms. The molecule has 0 aromatic heterocycles. The summed E-state index contributed by atoms with van der Waals surface area (Å²) in [4.78, 5) is 1.91. The van der Waals surface area contributed by atoms with E-state index in [1.165, 1.54) is 5.56 Å². The van der Waals surface area contributed by atoms with Crippen LogP contribution in [0.25, 0.3) is 0 Å². The lowest BCUT2D eigenvalue weighted by Gasteiger charge is -2.13. The van der Waals surface area contributed by atoms with Gasteiger partial charge in [-0.2, -0.15) is 0 Å². The molecule has 0 heterocycles. The van der Waals surface area contributed by atoms with Crippen LogP contribution in [0.3, 0.4) is 0 Å². The van der Waals surface area contributed by atoms with Crippen molar-refractivity contribution in [3.63, 3.8) is 0 Å². The number of allylic oxidation sites excluding steroid dienone is 3. The van der Waals surface area contributed by atoms with Gasteiger partial charge in [0.2, 0.25) is 0 Å². The van der Waals surface area contributed by atoms with E-state index >= 15 is 0 Å². The average Bonchev–Trinajstić information content (AvgIpc) is 2.39. The second-order valence-corrected chi connectivity index (χ2v) is 5.86. The van der Waals surface area contributed by atoms with Crippen molar-refractivity contribution in [2.45, 2.75) is 31.6 Å². The summed E-state index contributed by atoms with van der Waals surface area (Å²) in [6, 6.07) is 8.00. The zero-order chi connectivity index (χ0) is 12.3. The Balaban J connectivity index is 2.29. The third-order valence-electron chi connectivity index (χ3n) is 3.05. The van der Waals surface area contributed by atoms with Gasteiger partial charge in [0.1, 0.15) is 0 Å². The third-order valence-corrected chi connectivity index (χ3v) is 4.58. The average molecular weight is 246 g/mol. The normalized spacial score (nSPS) is 21.1. The standard InChI is InChI=1S/C15H18OS/c1-3-13-6-4-5-7-15(13)17(16)14-10-8-12(2)9-11-14/h4-8,10-12H,3,9H2,1-2H3. The number of benzene rings is 1. The van der Waals surface area contributed by atoms with Crippen LogP contribution in [-0.2, 0) is 17.2 Å². The molecule has 1 aliphatic carbocycles. The van der Waals surface area contributed by atoms with Crippen molar-refractivity contribution in [2.24, 2.45) is 5.92 Å². The molecule has 0 saturated carbocycles. The molecule has 0 amide bonds. The van der Waals surface area contributed by atoms with Crippen LogP contribution in [-0.4, -0.2) is 4.21 Å². The van der Waals surface area contributed by atoms with Gasteiger partial charge in [0.25, 0.3) is 0 Å². The van der Waals surface area contributed by atoms with Crippen LogP contribution in [0.5, 0.6) is 0 Å².